The summed E-state index contributed by atoms with van der Waals surface area (Å²) in [6.07, 6.45) is -1.03. The summed E-state index contributed by atoms with van der Waals surface area (Å²) in [5.41, 5.74) is 10.5. The van der Waals surface area contributed by atoms with Gasteiger partial charge < -0.3 is 21.5 Å². The summed E-state index contributed by atoms with van der Waals surface area (Å²) in [5.74, 6) is 0. The Hall–Kier alpha value is -0.810. The molecule has 0 saturated heterocycles. The van der Waals surface area contributed by atoms with Crippen LogP contribution in [0.1, 0.15) is 34.6 Å². The highest BCUT2D eigenvalue weighted by molar-refractivity contribution is 5.68. The highest BCUT2D eigenvalue weighted by Crippen LogP contribution is 2.15. The second-order valence-electron chi connectivity index (χ2n) is 5.32. The molecule has 0 radical (unpaired) electrons. The van der Waals surface area contributed by atoms with Crippen LogP contribution < -0.4 is 16.8 Å². The van der Waals surface area contributed by atoms with Crippen LogP contribution in [-0.4, -0.2) is 24.4 Å². The summed E-state index contributed by atoms with van der Waals surface area (Å²) in [6.45, 7) is 9.55. The van der Waals surface area contributed by atoms with Crippen molar-refractivity contribution >= 4 is 6.09 Å². The average Bonchev–Trinajstić information content (AvgIpc) is 2.00. The smallest absolute Gasteiger partial charge is 0.408 e. The van der Waals surface area contributed by atoms with Gasteiger partial charge in [0, 0.05) is 12.0 Å². The molecule has 5 nitrogen and oxygen atoms in total. The lowest BCUT2D eigenvalue weighted by Crippen LogP contribution is -2.54. The van der Waals surface area contributed by atoms with Gasteiger partial charge in [-0.1, -0.05) is 13.8 Å². The predicted molar refractivity (Wildman–Crippen MR) is 60.2 cm³/mol. The predicted octanol–water partition coefficient (Wildman–Crippen LogP) is 0.781. The minimum atomic E-state index is -0.517. The Labute approximate surface area is 91.5 Å². The van der Waals surface area contributed by atoms with E-state index in [1.54, 1.807) is 20.8 Å². The van der Waals surface area contributed by atoms with Crippen molar-refractivity contribution in [3.8, 4) is 0 Å². The molecule has 1 amide bonds. The van der Waals surface area contributed by atoms with Gasteiger partial charge in [-0.25, -0.2) is 4.79 Å². The number of carbonyl (C=O) groups is 1. The molecule has 0 aliphatic rings. The Morgan fingerprint density at radius 3 is 2.13 bits per heavy atom. The summed E-state index contributed by atoms with van der Waals surface area (Å²) in [5, 5.41) is 2.56. The van der Waals surface area contributed by atoms with E-state index < -0.39 is 17.9 Å². The van der Waals surface area contributed by atoms with Crippen molar-refractivity contribution in [2.24, 2.45) is 16.9 Å². The van der Waals surface area contributed by atoms with Crippen LogP contribution in [0.25, 0.3) is 0 Å². The van der Waals surface area contributed by atoms with Crippen molar-refractivity contribution in [1.29, 1.82) is 0 Å². The minimum absolute atomic E-state index is 0.350. The van der Waals surface area contributed by atoms with E-state index in [1.165, 1.54) is 0 Å². The molecule has 0 aliphatic carbocycles. The number of nitrogens with one attached hydrogen (secondary N) is 1. The van der Waals surface area contributed by atoms with E-state index in [9.17, 15) is 4.79 Å². The molecule has 0 aromatic carbocycles. The SMILES string of the molecule is CC(C)(C)OC(=O)NC(N)C(C)(C)CN. The molecule has 5 heteroatoms. The van der Waals surface area contributed by atoms with Crippen LogP contribution >= 0.6 is 0 Å². The lowest BCUT2D eigenvalue weighted by atomic mass is 9.90. The third kappa shape index (κ3) is 5.59. The number of nitrogens with two attached hydrogens (primary N) is 2. The molecule has 0 fully saturated rings. The van der Waals surface area contributed by atoms with E-state index >= 15 is 0 Å². The highest BCUT2D eigenvalue weighted by Gasteiger charge is 2.27. The topological polar surface area (TPSA) is 90.4 Å². The number of ether oxygens (including phenoxy) is 1. The summed E-state index contributed by atoms with van der Waals surface area (Å²) in [4.78, 5) is 11.4. The molecular weight excluding hydrogens is 194 g/mol. The first kappa shape index (κ1) is 14.2. The van der Waals surface area contributed by atoms with Crippen molar-refractivity contribution in [1.82, 2.24) is 5.32 Å². The molecule has 0 aliphatic heterocycles. The van der Waals surface area contributed by atoms with Gasteiger partial charge in [-0.05, 0) is 20.8 Å². The lowest BCUT2D eigenvalue weighted by molar-refractivity contribution is 0.0464. The number of rotatable bonds is 3. The van der Waals surface area contributed by atoms with E-state index in [0.717, 1.165) is 0 Å². The highest BCUT2D eigenvalue weighted by atomic mass is 16.6. The summed E-state index contributed by atoms with van der Waals surface area (Å²) < 4.78 is 5.08. The largest absolute Gasteiger partial charge is 0.444 e. The first-order valence-corrected chi connectivity index (χ1v) is 5.03. The van der Waals surface area contributed by atoms with Crippen LogP contribution in [0.5, 0.6) is 0 Å². The monoisotopic (exact) mass is 217 g/mol. The second-order valence-corrected chi connectivity index (χ2v) is 5.32. The van der Waals surface area contributed by atoms with E-state index in [1.807, 2.05) is 13.8 Å². The van der Waals surface area contributed by atoms with Gasteiger partial charge >= 0.3 is 6.09 Å². The average molecular weight is 217 g/mol. The zero-order valence-electron chi connectivity index (χ0n) is 10.3. The first-order chi connectivity index (χ1) is 6.58. The fourth-order valence-corrected chi connectivity index (χ4v) is 0.757. The summed E-state index contributed by atoms with van der Waals surface area (Å²) in [6, 6.07) is 0. The maximum atomic E-state index is 11.4. The van der Waals surface area contributed by atoms with Crippen molar-refractivity contribution in [2.45, 2.75) is 46.4 Å². The molecule has 0 heterocycles. The van der Waals surface area contributed by atoms with Crippen LogP contribution in [0.4, 0.5) is 4.79 Å². The van der Waals surface area contributed by atoms with E-state index in [4.69, 9.17) is 16.2 Å². The standard InChI is InChI=1S/C10H23N3O2/c1-9(2,3)15-8(14)13-7(12)10(4,5)6-11/h7H,6,11-12H2,1-5H3,(H,13,14). The molecule has 0 rings (SSSR count). The van der Waals surface area contributed by atoms with E-state index in [0.29, 0.717) is 6.54 Å². The molecule has 0 aromatic heterocycles. The lowest BCUT2D eigenvalue weighted by Gasteiger charge is -2.31. The first-order valence-electron chi connectivity index (χ1n) is 5.03. The van der Waals surface area contributed by atoms with Crippen molar-refractivity contribution in [2.75, 3.05) is 6.54 Å². The molecule has 0 saturated carbocycles. The van der Waals surface area contributed by atoms with E-state index in [2.05, 4.69) is 5.32 Å². The Morgan fingerprint density at radius 1 is 1.33 bits per heavy atom. The number of alkyl carbamates (subject to hydrolysis) is 1. The molecule has 0 spiro atoms. The number of hydrogen-bond donors (Lipinski definition) is 3. The summed E-state index contributed by atoms with van der Waals surface area (Å²) in [7, 11) is 0. The fourth-order valence-electron chi connectivity index (χ4n) is 0.757. The maximum absolute atomic E-state index is 11.4. The molecule has 5 N–H and O–H groups in total. The van der Waals surface area contributed by atoms with Crippen LogP contribution in [0.15, 0.2) is 0 Å². The number of hydrogen-bond acceptors (Lipinski definition) is 4. The van der Waals surface area contributed by atoms with Gasteiger partial charge in [0.05, 0.1) is 6.17 Å². The quantitative estimate of drug-likeness (QED) is 0.609. The third-order valence-corrected chi connectivity index (χ3v) is 2.04. The Kier molecular flexibility index (Phi) is 4.55. The van der Waals surface area contributed by atoms with Gasteiger partial charge in [-0.2, -0.15) is 0 Å². The van der Waals surface area contributed by atoms with Gasteiger partial charge in [0.25, 0.3) is 0 Å². The van der Waals surface area contributed by atoms with Crippen LogP contribution in [0, 0.1) is 5.41 Å². The Morgan fingerprint density at radius 2 is 1.80 bits per heavy atom. The van der Waals surface area contributed by atoms with Crippen LogP contribution in [0.3, 0.4) is 0 Å². The molecule has 0 bridgehead atoms. The van der Waals surface area contributed by atoms with Gasteiger partial charge in [-0.3, -0.25) is 0 Å². The number of amides is 1. The van der Waals surface area contributed by atoms with Crippen molar-refractivity contribution < 1.29 is 9.53 Å². The molecule has 1 unspecified atom stereocenters. The van der Waals surface area contributed by atoms with Crippen LogP contribution in [-0.2, 0) is 4.74 Å². The van der Waals surface area contributed by atoms with Gasteiger partial charge in [0.2, 0.25) is 0 Å². The van der Waals surface area contributed by atoms with E-state index in [-0.39, 0.29) is 5.41 Å². The van der Waals surface area contributed by atoms with Gasteiger partial charge in [0.15, 0.2) is 0 Å². The van der Waals surface area contributed by atoms with Crippen molar-refractivity contribution in [3.05, 3.63) is 0 Å². The molecule has 0 aromatic rings. The second kappa shape index (κ2) is 4.81. The van der Waals surface area contributed by atoms with Crippen LogP contribution in [0.2, 0.25) is 0 Å². The van der Waals surface area contributed by atoms with Crippen molar-refractivity contribution in [3.63, 3.8) is 0 Å². The van der Waals surface area contributed by atoms with Gasteiger partial charge in [-0.15, -0.1) is 0 Å². The number of carbonyl (C=O) groups excluding carboxylic acids is 1. The Bertz CT molecular complexity index is 221. The molecular formula is C10H23N3O2. The zero-order chi connectivity index (χ0) is 12.3. The molecule has 90 valence electrons. The fraction of sp³-hybridized carbons (Fsp3) is 0.900. The summed E-state index contributed by atoms with van der Waals surface area (Å²) >= 11 is 0. The third-order valence-electron chi connectivity index (χ3n) is 2.04. The maximum Gasteiger partial charge on any atom is 0.408 e. The zero-order valence-corrected chi connectivity index (χ0v) is 10.3. The molecule has 1 atom stereocenters. The van der Waals surface area contributed by atoms with Gasteiger partial charge in [0.1, 0.15) is 5.60 Å². The normalized spacial score (nSPS) is 14.6. The molecule has 15 heavy (non-hydrogen) atoms. The minimum Gasteiger partial charge on any atom is -0.444 e. The Balaban J connectivity index is 4.20.